The SMILES string of the molecule is CC1(C)C(/C=C/C=C/C=C/C=C2/Nc3ccc4ccccc4c3C2(C)C)=[N+](CCC(=O)Nc2ccc(C[C@H](NC(=O)N[C@@H](CCC(=O)O)C(=O)O)C(=O)O)cc2)c2ccc3ccccc3c21.O=C1C=CC2C(=C1)Cc1cc(O)ccc1C2c1ccc(NC(=O)NCC(=O)Nc2ccc(C[C@H](NC(=O)N[C@@H](CCC(=O)O)C(=O)O)C(=O)O)cc2)cc1C(=O)O. The molecule has 0 saturated heterocycles. The second-order valence-corrected chi connectivity index (χ2v) is 30.8. The first-order valence-corrected chi connectivity index (χ1v) is 39.2. The number of phenols is 1. The van der Waals surface area contributed by atoms with E-state index in [-0.39, 0.29) is 76.8 Å². The van der Waals surface area contributed by atoms with Crippen LogP contribution in [0.25, 0.3) is 21.5 Å². The number of nitrogens with zero attached hydrogens (tertiary/aromatic N) is 1. The highest BCUT2D eigenvalue weighted by molar-refractivity contribution is 6.08. The lowest BCUT2D eigenvalue weighted by Crippen LogP contribution is -2.51. The van der Waals surface area contributed by atoms with Gasteiger partial charge in [0.15, 0.2) is 18.0 Å². The van der Waals surface area contributed by atoms with Crippen molar-refractivity contribution in [2.75, 3.05) is 34.4 Å². The van der Waals surface area contributed by atoms with Crippen molar-refractivity contribution in [1.82, 2.24) is 26.6 Å². The van der Waals surface area contributed by atoms with Crippen LogP contribution < -0.4 is 47.9 Å². The van der Waals surface area contributed by atoms with Gasteiger partial charge in [-0.3, -0.25) is 24.0 Å². The number of phenolic OH excluding ortho intramolecular Hbond substituents is 1. The molecule has 0 saturated carbocycles. The van der Waals surface area contributed by atoms with Crippen LogP contribution in [0.5, 0.6) is 5.75 Å². The summed E-state index contributed by atoms with van der Waals surface area (Å²) >= 11 is 0. The van der Waals surface area contributed by atoms with Crippen LogP contribution in [-0.2, 0) is 73.2 Å². The van der Waals surface area contributed by atoms with Crippen LogP contribution in [-0.4, -0.2) is 166 Å². The maximum absolute atomic E-state index is 13.5. The molecule has 0 radical (unpaired) electrons. The summed E-state index contributed by atoms with van der Waals surface area (Å²) in [6, 6.07) is 38.0. The highest BCUT2D eigenvalue weighted by Crippen LogP contribution is 2.50. The lowest BCUT2D eigenvalue weighted by atomic mass is 9.67. The highest BCUT2D eigenvalue weighted by atomic mass is 16.4. The number of carbonyl (C=O) groups is 13. The topological polar surface area (TPSA) is 495 Å². The monoisotopic (exact) mass is 1670 g/mol. The van der Waals surface area contributed by atoms with Crippen LogP contribution >= 0.6 is 0 Å². The number of benzene rings is 8. The fraction of sp³-hybridized carbons (Fsp3) is 0.239. The van der Waals surface area contributed by atoms with Gasteiger partial charge in [-0.05, 0) is 167 Å². The Labute approximate surface area is 704 Å². The summed E-state index contributed by atoms with van der Waals surface area (Å²) in [5.74, 6) is -11.3. The Balaban J connectivity index is 0.000000242. The molecule has 8 aromatic rings. The van der Waals surface area contributed by atoms with E-state index in [1.807, 2.05) is 41.8 Å². The lowest BCUT2D eigenvalue weighted by molar-refractivity contribution is -0.436. The Morgan fingerprint density at radius 1 is 0.520 bits per heavy atom. The first kappa shape index (κ1) is 88.5. The van der Waals surface area contributed by atoms with Crippen molar-refractivity contribution in [2.45, 2.75) is 120 Å². The van der Waals surface area contributed by atoms with Crippen LogP contribution in [0.1, 0.15) is 115 Å². The molecular formula is C92H91N10O21+. The van der Waals surface area contributed by atoms with Gasteiger partial charge < -0.3 is 88.7 Å². The first-order valence-electron chi connectivity index (χ1n) is 39.2. The smallest absolute Gasteiger partial charge is 0.336 e. The van der Waals surface area contributed by atoms with Crippen molar-refractivity contribution in [2.24, 2.45) is 5.92 Å². The summed E-state index contributed by atoms with van der Waals surface area (Å²) in [5.41, 5.74) is 10.8. The standard InChI is InChI=1S/C53H53N5O8.C39H37N5O13/c1-52(2)43(55-39-26-22-34-14-10-12-16-37(34)47(39)52)18-8-6-5-7-9-19-44-53(3,4)48-38-17-13-11-15-35(38)23-28-42(48)58(44)31-30-45(59)54-36-24-20-33(21-25-36)32-41(50(64)65)57-51(66)56-40(49(62)63)27-29-46(60)61;45-24-6-9-26-20(15-24)14-21-16-25(46)7-10-27(21)34(26)28-8-5-23(17-29(28)35(50)51)42-38(56)40-18-32(47)41-22-3-1-19(2-4-22)13-31(37(54)55)44-39(57)43-30(36(52)53)11-12-33(48)49/h5-26,28,40-41H,27,29-32H2,1-4H3,(H6,54,56,57,59,60,61,62,63,64,65,66);1-10,15-17,26,30-31,34,46H,11-14,18H2,(H,41,47)(H,48,49)(H,50,51)(H,52,53)(H,54,55)(H2,40,42,56)(H2,43,44,57)/p+1/t40-,41-;26?,30-,31-,34?/m00/s1. The van der Waals surface area contributed by atoms with Gasteiger partial charge in [-0.15, -0.1) is 0 Å². The van der Waals surface area contributed by atoms with Crippen molar-refractivity contribution < 1.29 is 108 Å². The number of hydrogen-bond acceptors (Lipinski definition) is 15. The van der Waals surface area contributed by atoms with E-state index in [9.17, 15) is 93.0 Å². The lowest BCUT2D eigenvalue weighted by Gasteiger charge is -2.36. The zero-order valence-electron chi connectivity index (χ0n) is 67.2. The van der Waals surface area contributed by atoms with E-state index in [4.69, 9.17) is 10.2 Å². The molecule has 2 aliphatic carbocycles. The molecule has 31 heteroatoms. The van der Waals surface area contributed by atoms with Gasteiger partial charge in [-0.2, -0.15) is 4.58 Å². The van der Waals surface area contributed by atoms with Gasteiger partial charge in [0.25, 0.3) is 0 Å². The number of nitrogens with one attached hydrogen (secondary N) is 9. The van der Waals surface area contributed by atoms with E-state index in [1.165, 1.54) is 76.5 Å². The number of carboxylic acid groups (broad SMARTS) is 7. The molecule has 4 aliphatic rings. The van der Waals surface area contributed by atoms with Gasteiger partial charge in [0.1, 0.15) is 29.9 Å². The molecule has 634 valence electrons. The number of hydrogen-bond donors (Lipinski definition) is 17. The van der Waals surface area contributed by atoms with Crippen LogP contribution in [0.3, 0.4) is 0 Å². The minimum absolute atomic E-state index is 0.0363. The number of aromatic hydroxyl groups is 1. The van der Waals surface area contributed by atoms with Crippen molar-refractivity contribution in [3.05, 3.63) is 274 Å². The molecule has 0 spiro atoms. The van der Waals surface area contributed by atoms with E-state index in [0.717, 1.165) is 50.3 Å². The Hall–Kier alpha value is -15.3. The van der Waals surface area contributed by atoms with Crippen LogP contribution in [0.2, 0.25) is 0 Å². The number of amides is 8. The Morgan fingerprint density at radius 2 is 1.04 bits per heavy atom. The minimum Gasteiger partial charge on any atom is -0.508 e. The fourth-order valence-electron chi connectivity index (χ4n) is 15.6. The largest absolute Gasteiger partial charge is 0.508 e. The van der Waals surface area contributed by atoms with Crippen LogP contribution in [0, 0.1) is 5.92 Å². The van der Waals surface area contributed by atoms with Crippen molar-refractivity contribution in [3.63, 3.8) is 0 Å². The number of carbonyl (C=O) groups excluding carboxylic acids is 6. The van der Waals surface area contributed by atoms with E-state index in [1.54, 1.807) is 48.5 Å². The third kappa shape index (κ3) is 22.2. The zero-order valence-corrected chi connectivity index (χ0v) is 67.2. The Morgan fingerprint density at radius 3 is 1.61 bits per heavy atom. The second kappa shape index (κ2) is 39.1. The number of rotatable bonds is 32. The minimum atomic E-state index is -1.56. The number of allylic oxidation sites excluding steroid dienone is 12. The number of carboxylic acids is 7. The molecule has 6 atom stereocenters. The van der Waals surface area contributed by atoms with E-state index in [2.05, 4.69) is 154 Å². The van der Waals surface area contributed by atoms with E-state index < -0.39 is 122 Å². The molecule has 2 unspecified atom stereocenters. The van der Waals surface area contributed by atoms with Gasteiger partial charge in [0.05, 0.1) is 23.9 Å². The maximum Gasteiger partial charge on any atom is 0.336 e. The summed E-state index contributed by atoms with van der Waals surface area (Å²) in [6.07, 6.45) is 17.5. The normalized spacial score (nSPS) is 16.4. The van der Waals surface area contributed by atoms with E-state index >= 15 is 0 Å². The second-order valence-electron chi connectivity index (χ2n) is 30.8. The molecule has 0 bridgehead atoms. The van der Waals surface area contributed by atoms with Gasteiger partial charge in [0.2, 0.25) is 17.5 Å². The molecular weight excluding hydrogens is 1580 g/mol. The van der Waals surface area contributed by atoms with Gasteiger partial charge in [0, 0.05) is 89.1 Å². The zero-order chi connectivity index (χ0) is 88.6. The number of urea groups is 3. The Bertz CT molecular complexity index is 5780. The Kier molecular flexibility index (Phi) is 28.1. The van der Waals surface area contributed by atoms with Gasteiger partial charge in [-0.1, -0.05) is 147 Å². The number of aromatic carboxylic acids is 1. The third-order valence-electron chi connectivity index (χ3n) is 21.6. The molecule has 31 nitrogen and oxygen atoms in total. The predicted octanol–water partition coefficient (Wildman–Crippen LogP) is 11.8. The highest BCUT2D eigenvalue weighted by Gasteiger charge is 2.46. The molecule has 8 aromatic carbocycles. The number of fused-ring (bicyclic) bond motifs is 8. The summed E-state index contributed by atoms with van der Waals surface area (Å²) in [6.45, 7) is 8.83. The maximum atomic E-state index is 13.5. The average molecular weight is 1670 g/mol. The molecule has 8 amide bonds. The van der Waals surface area contributed by atoms with Crippen LogP contribution in [0.15, 0.2) is 230 Å². The third-order valence-corrected chi connectivity index (χ3v) is 21.6. The van der Waals surface area contributed by atoms with Crippen molar-refractivity contribution >= 4 is 133 Å². The van der Waals surface area contributed by atoms with Gasteiger partial charge >= 0.3 is 59.9 Å². The molecule has 17 N–H and O–H groups in total. The number of aliphatic carboxylic acids is 6. The number of anilines is 4. The average Bonchev–Trinajstić information content (AvgIpc) is 1.56. The first-order chi connectivity index (χ1) is 58.6. The molecule has 2 heterocycles. The van der Waals surface area contributed by atoms with Crippen LogP contribution in [0.4, 0.5) is 42.8 Å². The van der Waals surface area contributed by atoms with Crippen molar-refractivity contribution in [1.29, 1.82) is 0 Å². The summed E-state index contributed by atoms with van der Waals surface area (Å²) in [4.78, 5) is 156. The molecule has 0 aromatic heterocycles. The predicted molar refractivity (Wildman–Crippen MR) is 458 cm³/mol. The summed E-state index contributed by atoms with van der Waals surface area (Å²) in [5, 5.41) is 103. The summed E-state index contributed by atoms with van der Waals surface area (Å²) < 4.78 is 2.21. The molecule has 123 heavy (non-hydrogen) atoms. The van der Waals surface area contributed by atoms with Crippen molar-refractivity contribution in [3.8, 4) is 5.75 Å². The molecule has 0 fully saturated rings. The molecule has 2 aliphatic heterocycles. The van der Waals surface area contributed by atoms with E-state index in [0.29, 0.717) is 35.3 Å². The summed E-state index contributed by atoms with van der Waals surface area (Å²) in [7, 11) is 0. The quantitative estimate of drug-likeness (QED) is 0.0137. The fourth-order valence-corrected chi connectivity index (χ4v) is 15.6. The van der Waals surface area contributed by atoms with Gasteiger partial charge in [-0.25, -0.2) is 38.4 Å². The number of ketones is 1. The molecule has 12 rings (SSSR count).